The molecule has 2 rings (SSSR count). The molecule has 0 spiro atoms. The molecule has 2 aromatic rings. The molecular formula is C13H13N3. The van der Waals surface area contributed by atoms with Gasteiger partial charge in [0.1, 0.15) is 5.69 Å². The first kappa shape index (κ1) is 10.4. The first-order chi connectivity index (χ1) is 7.68. The fraction of sp³-hybridized carbons (Fsp3) is 0.0769. The molecule has 0 bridgehead atoms. The van der Waals surface area contributed by atoms with Gasteiger partial charge in [-0.3, -0.25) is 10.4 Å². The average molecular weight is 211 g/mol. The van der Waals surface area contributed by atoms with E-state index in [1.54, 1.807) is 18.3 Å². The monoisotopic (exact) mass is 211 g/mol. The van der Waals surface area contributed by atoms with E-state index in [1.807, 2.05) is 31.2 Å². The molecule has 0 atom stereocenters. The van der Waals surface area contributed by atoms with Crippen LogP contribution in [0, 0.1) is 12.3 Å². The number of anilines is 1. The van der Waals surface area contributed by atoms with E-state index >= 15 is 0 Å². The van der Waals surface area contributed by atoms with Crippen LogP contribution in [0.25, 0.3) is 0 Å². The van der Waals surface area contributed by atoms with E-state index < -0.39 is 0 Å². The molecule has 0 unspecified atom stereocenters. The minimum absolute atomic E-state index is 0.359. The first-order valence-corrected chi connectivity index (χ1v) is 5.05. The Labute approximate surface area is 94.5 Å². The van der Waals surface area contributed by atoms with Crippen LogP contribution < -0.4 is 5.73 Å². The lowest BCUT2D eigenvalue weighted by atomic mass is 10.0. The molecule has 80 valence electrons. The number of aryl methyl sites for hydroxylation is 1. The standard InChI is InChI=1S/C13H13N3/c1-9-4-6-10(7-5-9)12(15)13-11(14)3-2-8-16-13/h2-8,15H,14H2,1H3. The SMILES string of the molecule is Cc1ccc(C(=N)c2ncccc2N)cc1. The Kier molecular flexibility index (Phi) is 2.68. The summed E-state index contributed by atoms with van der Waals surface area (Å²) in [5, 5.41) is 8.04. The van der Waals surface area contributed by atoms with Gasteiger partial charge in [0.15, 0.2) is 0 Å². The second-order valence-electron chi connectivity index (χ2n) is 3.68. The van der Waals surface area contributed by atoms with Crippen LogP contribution in [0.4, 0.5) is 5.69 Å². The van der Waals surface area contributed by atoms with E-state index in [2.05, 4.69) is 4.98 Å². The third kappa shape index (κ3) is 1.93. The lowest BCUT2D eigenvalue weighted by Crippen LogP contribution is -2.07. The summed E-state index contributed by atoms with van der Waals surface area (Å²) in [6.07, 6.45) is 1.65. The molecule has 0 amide bonds. The highest BCUT2D eigenvalue weighted by molar-refractivity contribution is 6.12. The van der Waals surface area contributed by atoms with Gasteiger partial charge in [0, 0.05) is 11.8 Å². The zero-order valence-corrected chi connectivity index (χ0v) is 9.07. The Morgan fingerprint density at radius 2 is 1.88 bits per heavy atom. The molecule has 0 saturated heterocycles. The minimum Gasteiger partial charge on any atom is -0.397 e. The molecule has 0 radical (unpaired) electrons. The number of pyridine rings is 1. The second kappa shape index (κ2) is 4.14. The molecule has 1 aromatic heterocycles. The summed E-state index contributed by atoms with van der Waals surface area (Å²) in [5.41, 5.74) is 9.22. The largest absolute Gasteiger partial charge is 0.397 e. The lowest BCUT2D eigenvalue weighted by molar-refractivity contribution is 1.27. The number of nitrogens with one attached hydrogen (secondary N) is 1. The van der Waals surface area contributed by atoms with Crippen molar-refractivity contribution in [2.45, 2.75) is 6.92 Å². The van der Waals surface area contributed by atoms with Crippen molar-refractivity contribution in [2.75, 3.05) is 5.73 Å². The van der Waals surface area contributed by atoms with Crippen molar-refractivity contribution < 1.29 is 0 Å². The topological polar surface area (TPSA) is 62.8 Å². The van der Waals surface area contributed by atoms with Crippen LogP contribution in [0.15, 0.2) is 42.6 Å². The van der Waals surface area contributed by atoms with Crippen LogP contribution in [0.1, 0.15) is 16.8 Å². The summed E-state index contributed by atoms with van der Waals surface area (Å²) in [6.45, 7) is 2.02. The number of hydrogen-bond acceptors (Lipinski definition) is 3. The summed E-state index contributed by atoms with van der Waals surface area (Å²) in [6, 6.07) is 11.3. The van der Waals surface area contributed by atoms with Gasteiger partial charge in [-0.1, -0.05) is 29.8 Å². The second-order valence-corrected chi connectivity index (χ2v) is 3.68. The predicted octanol–water partition coefficient (Wildman–Crippen LogP) is 2.39. The van der Waals surface area contributed by atoms with Crippen LogP contribution in [0.2, 0.25) is 0 Å². The van der Waals surface area contributed by atoms with Gasteiger partial charge in [0.05, 0.1) is 11.4 Å². The van der Waals surface area contributed by atoms with Crippen molar-refractivity contribution in [3.8, 4) is 0 Å². The molecule has 0 aliphatic carbocycles. The first-order valence-electron chi connectivity index (χ1n) is 5.05. The predicted molar refractivity (Wildman–Crippen MR) is 65.8 cm³/mol. The zero-order chi connectivity index (χ0) is 11.5. The number of benzene rings is 1. The van der Waals surface area contributed by atoms with Gasteiger partial charge in [0.25, 0.3) is 0 Å². The van der Waals surface area contributed by atoms with Crippen LogP contribution in [0.5, 0.6) is 0 Å². The van der Waals surface area contributed by atoms with Gasteiger partial charge >= 0.3 is 0 Å². The number of aromatic nitrogens is 1. The van der Waals surface area contributed by atoms with E-state index in [9.17, 15) is 0 Å². The number of hydrogen-bond donors (Lipinski definition) is 2. The molecule has 16 heavy (non-hydrogen) atoms. The summed E-state index contributed by atoms with van der Waals surface area (Å²) < 4.78 is 0. The van der Waals surface area contributed by atoms with Gasteiger partial charge in [-0.25, -0.2) is 0 Å². The normalized spacial score (nSPS) is 10.1. The Balaban J connectivity index is 2.40. The van der Waals surface area contributed by atoms with Crippen LogP contribution in [-0.2, 0) is 0 Å². The summed E-state index contributed by atoms with van der Waals surface area (Å²) in [5.74, 6) is 0. The summed E-state index contributed by atoms with van der Waals surface area (Å²) in [4.78, 5) is 4.13. The molecule has 1 aromatic carbocycles. The fourth-order valence-corrected chi connectivity index (χ4v) is 1.48. The van der Waals surface area contributed by atoms with Crippen molar-refractivity contribution in [1.29, 1.82) is 5.41 Å². The third-order valence-corrected chi connectivity index (χ3v) is 2.42. The highest BCUT2D eigenvalue weighted by Crippen LogP contribution is 2.13. The molecule has 3 nitrogen and oxygen atoms in total. The van der Waals surface area contributed by atoms with Gasteiger partial charge in [0.2, 0.25) is 0 Å². The van der Waals surface area contributed by atoms with Gasteiger partial charge in [-0.05, 0) is 19.1 Å². The maximum atomic E-state index is 8.04. The number of nitrogens with two attached hydrogens (primary N) is 1. The maximum Gasteiger partial charge on any atom is 0.111 e. The van der Waals surface area contributed by atoms with Crippen LogP contribution in [-0.4, -0.2) is 10.7 Å². The van der Waals surface area contributed by atoms with Gasteiger partial charge in [-0.2, -0.15) is 0 Å². The van der Waals surface area contributed by atoms with E-state index in [1.165, 1.54) is 5.56 Å². The average Bonchev–Trinajstić information content (AvgIpc) is 2.30. The maximum absolute atomic E-state index is 8.04. The molecule has 1 heterocycles. The Morgan fingerprint density at radius 1 is 1.19 bits per heavy atom. The molecule has 0 fully saturated rings. The third-order valence-electron chi connectivity index (χ3n) is 2.42. The van der Waals surface area contributed by atoms with Gasteiger partial charge in [-0.15, -0.1) is 0 Å². The van der Waals surface area contributed by atoms with E-state index in [-0.39, 0.29) is 0 Å². The Bertz CT molecular complexity index is 515. The van der Waals surface area contributed by atoms with Crippen LogP contribution >= 0.6 is 0 Å². The molecule has 3 N–H and O–H groups in total. The highest BCUT2D eigenvalue weighted by atomic mass is 14.7. The molecule has 3 heteroatoms. The quantitative estimate of drug-likeness (QED) is 0.749. The smallest absolute Gasteiger partial charge is 0.111 e. The molecular weight excluding hydrogens is 198 g/mol. The Hall–Kier alpha value is -2.16. The summed E-state index contributed by atoms with van der Waals surface area (Å²) >= 11 is 0. The van der Waals surface area contributed by atoms with E-state index in [0.29, 0.717) is 17.1 Å². The number of nitrogens with zero attached hydrogens (tertiary/aromatic N) is 1. The molecule has 0 aliphatic rings. The van der Waals surface area contributed by atoms with Crippen molar-refractivity contribution in [3.05, 3.63) is 59.4 Å². The van der Waals surface area contributed by atoms with Gasteiger partial charge < -0.3 is 5.73 Å². The Morgan fingerprint density at radius 3 is 2.50 bits per heavy atom. The van der Waals surface area contributed by atoms with E-state index in [0.717, 1.165) is 5.56 Å². The number of rotatable bonds is 2. The van der Waals surface area contributed by atoms with Crippen molar-refractivity contribution in [1.82, 2.24) is 4.98 Å². The lowest BCUT2D eigenvalue weighted by Gasteiger charge is -2.06. The summed E-state index contributed by atoms with van der Waals surface area (Å²) in [7, 11) is 0. The van der Waals surface area contributed by atoms with Crippen molar-refractivity contribution in [3.63, 3.8) is 0 Å². The number of nitrogen functional groups attached to an aromatic ring is 1. The highest BCUT2D eigenvalue weighted by Gasteiger charge is 2.08. The van der Waals surface area contributed by atoms with Crippen molar-refractivity contribution >= 4 is 11.4 Å². The fourth-order valence-electron chi connectivity index (χ4n) is 1.48. The molecule has 0 saturated carbocycles. The minimum atomic E-state index is 0.359. The van der Waals surface area contributed by atoms with Crippen molar-refractivity contribution in [2.24, 2.45) is 0 Å². The molecule has 0 aliphatic heterocycles. The zero-order valence-electron chi connectivity index (χ0n) is 9.07. The van der Waals surface area contributed by atoms with Crippen LogP contribution in [0.3, 0.4) is 0 Å². The van der Waals surface area contributed by atoms with E-state index in [4.69, 9.17) is 11.1 Å².